The predicted octanol–water partition coefficient (Wildman–Crippen LogP) is 2.05. The Morgan fingerprint density at radius 2 is 2.00 bits per heavy atom. The third-order valence-electron chi connectivity index (χ3n) is 3.80. The summed E-state index contributed by atoms with van der Waals surface area (Å²) in [6.45, 7) is 3.07. The number of carbonyl (C=O) groups is 1. The van der Waals surface area contributed by atoms with Crippen LogP contribution in [0.15, 0.2) is 38.3 Å². The Morgan fingerprint density at radius 1 is 1.26 bits per heavy atom. The van der Waals surface area contributed by atoms with Crippen LogP contribution in [-0.4, -0.2) is 17.6 Å². The molecule has 0 fully saturated rings. The summed E-state index contributed by atoms with van der Waals surface area (Å²) in [5.41, 5.74) is 0.963. The Bertz CT molecular complexity index is 1030. The molecule has 0 aliphatic heterocycles. The van der Waals surface area contributed by atoms with Gasteiger partial charge in [0.25, 0.3) is 5.56 Å². The molecule has 0 unspecified atom stereocenters. The van der Waals surface area contributed by atoms with Crippen molar-refractivity contribution in [1.82, 2.24) is 4.98 Å². The van der Waals surface area contributed by atoms with Crippen molar-refractivity contribution in [3.05, 3.63) is 56.2 Å². The summed E-state index contributed by atoms with van der Waals surface area (Å²) in [5.74, 6) is -0.420. The number of ether oxygens (including phenoxy) is 1. The summed E-state index contributed by atoms with van der Waals surface area (Å²) < 4.78 is 10.3. The highest BCUT2D eigenvalue weighted by atomic mass is 16.5. The molecule has 1 aromatic carbocycles. The summed E-state index contributed by atoms with van der Waals surface area (Å²) in [4.78, 5) is 38.3. The van der Waals surface area contributed by atoms with Gasteiger partial charge in [0.05, 0.1) is 17.5 Å². The van der Waals surface area contributed by atoms with E-state index in [0.717, 1.165) is 0 Å². The number of aryl methyl sites for hydroxylation is 1. The van der Waals surface area contributed by atoms with Crippen LogP contribution in [0.5, 0.6) is 0 Å². The quantitative estimate of drug-likeness (QED) is 0.590. The van der Waals surface area contributed by atoms with Crippen molar-refractivity contribution in [2.75, 3.05) is 6.61 Å². The number of nitrogens with one attached hydrogen (secondary N) is 1. The van der Waals surface area contributed by atoms with E-state index in [0.29, 0.717) is 27.4 Å². The number of hydrogen-bond donors (Lipinski definition) is 1. The fraction of sp³-hybridized carbons (Fsp3) is 0.235. The van der Waals surface area contributed by atoms with Gasteiger partial charge in [0, 0.05) is 24.3 Å². The van der Waals surface area contributed by atoms with Crippen LogP contribution in [-0.2, 0) is 16.0 Å². The van der Waals surface area contributed by atoms with Gasteiger partial charge in [-0.3, -0.25) is 9.59 Å². The number of rotatable bonds is 3. The van der Waals surface area contributed by atoms with E-state index in [9.17, 15) is 14.4 Å². The predicted molar refractivity (Wildman–Crippen MR) is 85.7 cm³/mol. The number of carbonyl (C=O) groups excluding carboxylic acids is 1. The highest BCUT2D eigenvalue weighted by Crippen LogP contribution is 2.23. The maximum Gasteiger partial charge on any atom is 0.339 e. The van der Waals surface area contributed by atoms with E-state index in [-0.39, 0.29) is 24.2 Å². The third-order valence-corrected chi connectivity index (χ3v) is 3.80. The van der Waals surface area contributed by atoms with Crippen LogP contribution >= 0.6 is 0 Å². The molecule has 0 bridgehead atoms. The number of aromatic amines is 1. The first-order valence-electron chi connectivity index (χ1n) is 7.19. The van der Waals surface area contributed by atoms with Crippen LogP contribution in [0.4, 0.5) is 0 Å². The molecule has 0 spiro atoms. The second-order valence-corrected chi connectivity index (χ2v) is 5.29. The molecule has 0 atom stereocenters. The first-order chi connectivity index (χ1) is 11.0. The minimum atomic E-state index is -0.516. The number of para-hydroxylation sites is 1. The molecular formula is C17H15NO5. The Morgan fingerprint density at radius 3 is 2.74 bits per heavy atom. The van der Waals surface area contributed by atoms with Gasteiger partial charge in [-0.2, -0.15) is 0 Å². The third kappa shape index (κ3) is 2.63. The highest BCUT2D eigenvalue weighted by molar-refractivity contribution is 6.02. The van der Waals surface area contributed by atoms with Crippen molar-refractivity contribution in [2.24, 2.45) is 0 Å². The van der Waals surface area contributed by atoms with Crippen molar-refractivity contribution in [1.29, 1.82) is 0 Å². The van der Waals surface area contributed by atoms with Gasteiger partial charge < -0.3 is 14.1 Å². The molecule has 2 aromatic heterocycles. The lowest BCUT2D eigenvalue weighted by Crippen LogP contribution is -2.18. The maximum atomic E-state index is 12.4. The second-order valence-electron chi connectivity index (χ2n) is 5.29. The van der Waals surface area contributed by atoms with Crippen molar-refractivity contribution in [3.8, 4) is 0 Å². The molecule has 23 heavy (non-hydrogen) atoms. The molecule has 0 amide bonds. The largest absolute Gasteiger partial charge is 0.466 e. The van der Waals surface area contributed by atoms with Gasteiger partial charge in [0.2, 0.25) is 0 Å². The minimum absolute atomic E-state index is 0.0674. The Hall–Kier alpha value is -2.89. The van der Waals surface area contributed by atoms with Crippen LogP contribution in [0, 0.1) is 6.92 Å². The highest BCUT2D eigenvalue weighted by Gasteiger charge is 2.16. The number of H-pyrrole nitrogens is 1. The van der Waals surface area contributed by atoms with Gasteiger partial charge in [-0.1, -0.05) is 12.1 Å². The lowest BCUT2D eigenvalue weighted by molar-refractivity contribution is -0.140. The zero-order chi connectivity index (χ0) is 16.6. The molecule has 2 heterocycles. The van der Waals surface area contributed by atoms with E-state index in [1.165, 1.54) is 6.92 Å². The molecule has 6 nitrogen and oxygen atoms in total. The molecular weight excluding hydrogens is 298 g/mol. The van der Waals surface area contributed by atoms with Crippen LogP contribution in [0.3, 0.4) is 0 Å². The van der Waals surface area contributed by atoms with E-state index in [4.69, 9.17) is 9.15 Å². The van der Waals surface area contributed by atoms with Gasteiger partial charge in [0.1, 0.15) is 0 Å². The Labute approximate surface area is 130 Å². The first-order valence-corrected chi connectivity index (χ1v) is 7.19. The molecule has 0 aliphatic rings. The van der Waals surface area contributed by atoms with Crippen LogP contribution in [0.2, 0.25) is 0 Å². The van der Waals surface area contributed by atoms with Crippen molar-refractivity contribution in [3.63, 3.8) is 0 Å². The number of aromatic nitrogens is 1. The van der Waals surface area contributed by atoms with E-state index >= 15 is 0 Å². The van der Waals surface area contributed by atoms with Crippen molar-refractivity contribution in [2.45, 2.75) is 20.3 Å². The molecule has 118 valence electrons. The van der Waals surface area contributed by atoms with Crippen LogP contribution in [0.1, 0.15) is 18.1 Å². The summed E-state index contributed by atoms with van der Waals surface area (Å²) in [5, 5.41) is 1.02. The molecule has 0 saturated heterocycles. The van der Waals surface area contributed by atoms with Crippen LogP contribution < -0.4 is 11.2 Å². The van der Waals surface area contributed by atoms with Gasteiger partial charge >= 0.3 is 11.6 Å². The molecule has 3 rings (SSSR count). The van der Waals surface area contributed by atoms with E-state index in [1.807, 2.05) is 6.07 Å². The molecule has 6 heteroatoms. The van der Waals surface area contributed by atoms with Crippen molar-refractivity contribution < 1.29 is 13.9 Å². The Kier molecular flexibility index (Phi) is 3.73. The number of fused-ring (bicyclic) bond motifs is 3. The standard InChI is InChI=1S/C17H15NO5/c1-9-11(7-8-22-10(2)19)17(21)23-15-12-5-3-4-6-13(12)18-16(20)14(9)15/h3-6H,7-8H2,1-2H3,(H,18,20). The molecule has 0 saturated carbocycles. The fourth-order valence-corrected chi connectivity index (χ4v) is 2.70. The number of benzene rings is 1. The zero-order valence-electron chi connectivity index (χ0n) is 12.8. The first kappa shape index (κ1) is 15.0. The van der Waals surface area contributed by atoms with Gasteiger partial charge in [-0.05, 0) is 24.6 Å². The van der Waals surface area contributed by atoms with Gasteiger partial charge in [-0.25, -0.2) is 4.79 Å². The topological polar surface area (TPSA) is 89.4 Å². The summed E-state index contributed by atoms with van der Waals surface area (Å²) >= 11 is 0. The second kappa shape index (κ2) is 5.72. The summed E-state index contributed by atoms with van der Waals surface area (Å²) in [6, 6.07) is 7.14. The normalized spacial score (nSPS) is 11.0. The lowest BCUT2D eigenvalue weighted by atomic mass is 10.0. The number of hydrogen-bond acceptors (Lipinski definition) is 5. The van der Waals surface area contributed by atoms with Crippen LogP contribution in [0.25, 0.3) is 21.9 Å². The van der Waals surface area contributed by atoms with E-state index in [2.05, 4.69) is 4.98 Å². The van der Waals surface area contributed by atoms with Gasteiger partial charge in [0.15, 0.2) is 5.58 Å². The zero-order valence-corrected chi connectivity index (χ0v) is 12.8. The molecule has 3 aromatic rings. The summed E-state index contributed by atoms with van der Waals surface area (Å²) in [6.07, 6.45) is 0.204. The lowest BCUT2D eigenvalue weighted by Gasteiger charge is -2.09. The fourth-order valence-electron chi connectivity index (χ4n) is 2.70. The average Bonchev–Trinajstić information content (AvgIpc) is 2.49. The monoisotopic (exact) mass is 313 g/mol. The SMILES string of the molecule is CC(=O)OCCc1c(C)c2c(=O)[nH]c3ccccc3c2oc1=O. The maximum absolute atomic E-state index is 12.4. The Balaban J connectivity index is 2.25. The summed E-state index contributed by atoms with van der Waals surface area (Å²) in [7, 11) is 0. The smallest absolute Gasteiger partial charge is 0.339 e. The van der Waals surface area contributed by atoms with E-state index in [1.54, 1.807) is 25.1 Å². The number of esters is 1. The number of pyridine rings is 1. The molecule has 0 aliphatic carbocycles. The minimum Gasteiger partial charge on any atom is -0.466 e. The van der Waals surface area contributed by atoms with Crippen molar-refractivity contribution >= 4 is 27.8 Å². The van der Waals surface area contributed by atoms with Gasteiger partial charge in [-0.15, -0.1) is 0 Å². The molecule has 0 radical (unpaired) electrons. The van der Waals surface area contributed by atoms with E-state index < -0.39 is 11.6 Å². The molecule has 1 N–H and O–H groups in total. The average molecular weight is 313 g/mol.